The number of amides is 3. The number of H-pyrrole nitrogens is 1. The number of hydrogen-bond donors (Lipinski definition) is 9. The number of rotatable bonds is 14. The Morgan fingerprint density at radius 3 is 2.18 bits per heavy atom. The molecule has 0 aromatic carbocycles. The number of aliphatic hydroxyl groups is 2. The molecule has 184 valence electrons. The third-order valence-electron chi connectivity index (χ3n) is 4.47. The van der Waals surface area contributed by atoms with Gasteiger partial charge in [-0.15, -0.1) is 0 Å². The Labute approximate surface area is 187 Å². The van der Waals surface area contributed by atoms with E-state index in [1.807, 2.05) is 5.32 Å². The van der Waals surface area contributed by atoms with Crippen molar-refractivity contribution in [3.63, 3.8) is 0 Å². The number of carbonyl (C=O) groups is 5. The van der Waals surface area contributed by atoms with Crippen molar-refractivity contribution in [3.05, 3.63) is 18.2 Å². The maximum atomic E-state index is 12.7. The SMILES string of the molecule is CC(O)C(NC(=O)C(N)Cc1cnc[nH]1)C(=O)NC(CCC(=O)O)C(=O)NC(CO)C(=O)O. The van der Waals surface area contributed by atoms with Crippen LogP contribution < -0.4 is 21.7 Å². The molecule has 1 heterocycles. The molecule has 0 spiro atoms. The zero-order valence-corrected chi connectivity index (χ0v) is 17.7. The quantitative estimate of drug-likeness (QED) is 0.126. The molecule has 0 bridgehead atoms. The van der Waals surface area contributed by atoms with E-state index in [9.17, 15) is 29.1 Å². The molecule has 5 atom stereocenters. The predicted octanol–water partition coefficient (Wildman–Crippen LogP) is -3.94. The highest BCUT2D eigenvalue weighted by Crippen LogP contribution is 2.04. The van der Waals surface area contributed by atoms with Crippen molar-refractivity contribution >= 4 is 29.7 Å². The van der Waals surface area contributed by atoms with E-state index in [1.165, 1.54) is 19.4 Å². The summed E-state index contributed by atoms with van der Waals surface area (Å²) in [6, 6.07) is -5.88. The van der Waals surface area contributed by atoms with E-state index >= 15 is 0 Å². The molecule has 0 aliphatic rings. The number of aromatic nitrogens is 2. The summed E-state index contributed by atoms with van der Waals surface area (Å²) in [5.41, 5.74) is 6.36. The van der Waals surface area contributed by atoms with E-state index in [0.717, 1.165) is 0 Å². The van der Waals surface area contributed by atoms with E-state index in [2.05, 4.69) is 20.6 Å². The van der Waals surface area contributed by atoms with Gasteiger partial charge in [0.25, 0.3) is 0 Å². The highest BCUT2D eigenvalue weighted by molar-refractivity contribution is 5.94. The van der Waals surface area contributed by atoms with Gasteiger partial charge in [0.2, 0.25) is 17.7 Å². The lowest BCUT2D eigenvalue weighted by Crippen LogP contribution is -2.60. The van der Waals surface area contributed by atoms with Crippen LogP contribution in [0.5, 0.6) is 0 Å². The van der Waals surface area contributed by atoms with Gasteiger partial charge in [0.15, 0.2) is 0 Å². The second-order valence-electron chi connectivity index (χ2n) is 7.19. The highest BCUT2D eigenvalue weighted by Gasteiger charge is 2.32. The van der Waals surface area contributed by atoms with Crippen LogP contribution in [0.25, 0.3) is 0 Å². The summed E-state index contributed by atoms with van der Waals surface area (Å²) in [6.07, 6.45) is 0.483. The maximum absolute atomic E-state index is 12.7. The largest absolute Gasteiger partial charge is 0.481 e. The van der Waals surface area contributed by atoms with Crippen LogP contribution in [0.4, 0.5) is 0 Å². The molecular weight excluding hydrogens is 444 g/mol. The van der Waals surface area contributed by atoms with Gasteiger partial charge in [0.05, 0.1) is 25.1 Å². The zero-order chi connectivity index (χ0) is 25.1. The van der Waals surface area contributed by atoms with Crippen molar-refractivity contribution < 1.29 is 44.4 Å². The molecule has 3 amide bonds. The number of nitrogens with one attached hydrogen (secondary N) is 4. The number of nitrogens with zero attached hydrogens (tertiary/aromatic N) is 1. The van der Waals surface area contributed by atoms with Crippen LogP contribution in [-0.4, -0.2) is 96.9 Å². The first-order chi connectivity index (χ1) is 15.5. The number of imidazole rings is 1. The summed E-state index contributed by atoms with van der Waals surface area (Å²) in [5.74, 6) is -5.73. The zero-order valence-electron chi connectivity index (χ0n) is 17.7. The van der Waals surface area contributed by atoms with Gasteiger partial charge in [-0.2, -0.15) is 0 Å². The first-order valence-corrected chi connectivity index (χ1v) is 9.83. The summed E-state index contributed by atoms with van der Waals surface area (Å²) < 4.78 is 0. The van der Waals surface area contributed by atoms with Gasteiger partial charge in [-0.3, -0.25) is 19.2 Å². The lowest BCUT2D eigenvalue weighted by molar-refractivity contribution is -0.144. The molecule has 1 aromatic heterocycles. The summed E-state index contributed by atoms with van der Waals surface area (Å²) in [5, 5.41) is 43.3. The van der Waals surface area contributed by atoms with Crippen LogP contribution in [0, 0.1) is 0 Å². The monoisotopic (exact) mass is 472 g/mol. The fraction of sp³-hybridized carbons (Fsp3) is 0.556. The minimum atomic E-state index is -1.69. The molecule has 1 rings (SSSR count). The molecule has 0 aliphatic carbocycles. The average molecular weight is 472 g/mol. The summed E-state index contributed by atoms with van der Waals surface area (Å²) in [4.78, 5) is 65.9. The molecule has 0 aliphatic heterocycles. The second kappa shape index (κ2) is 13.1. The number of aliphatic carboxylic acids is 2. The first-order valence-electron chi connectivity index (χ1n) is 9.83. The van der Waals surface area contributed by atoms with Gasteiger partial charge in [0.1, 0.15) is 18.1 Å². The maximum Gasteiger partial charge on any atom is 0.328 e. The molecule has 10 N–H and O–H groups in total. The molecular formula is C18H28N6O9. The standard InChI is InChI=1S/C18H28N6O9/c1-8(26)14(24-15(29)10(19)4-9-5-20-7-21-9)17(31)22-11(2-3-13(27)28)16(30)23-12(6-25)18(32)33/h5,7-8,10-12,14,25-26H,2-4,6,19H2,1H3,(H,20,21)(H,22,31)(H,23,30)(H,24,29)(H,27,28)(H,32,33). The van der Waals surface area contributed by atoms with Gasteiger partial charge in [0, 0.05) is 24.7 Å². The van der Waals surface area contributed by atoms with Crippen molar-refractivity contribution in [1.29, 1.82) is 0 Å². The molecule has 33 heavy (non-hydrogen) atoms. The van der Waals surface area contributed by atoms with Crippen molar-refractivity contribution in [1.82, 2.24) is 25.9 Å². The topological polar surface area (TPSA) is 257 Å². The van der Waals surface area contributed by atoms with Gasteiger partial charge in [-0.05, 0) is 13.3 Å². The number of carboxylic acid groups (broad SMARTS) is 2. The first kappa shape index (κ1) is 27.5. The average Bonchev–Trinajstić information content (AvgIpc) is 3.24. The smallest absolute Gasteiger partial charge is 0.328 e. The molecule has 5 unspecified atom stereocenters. The van der Waals surface area contributed by atoms with E-state index in [4.69, 9.17) is 21.1 Å². The van der Waals surface area contributed by atoms with E-state index in [0.29, 0.717) is 5.69 Å². The van der Waals surface area contributed by atoms with E-state index < -0.39 is 79.4 Å². The fourth-order valence-corrected chi connectivity index (χ4v) is 2.65. The van der Waals surface area contributed by atoms with Gasteiger partial charge in [-0.1, -0.05) is 0 Å². The molecule has 15 heteroatoms. The summed E-state index contributed by atoms with van der Waals surface area (Å²) >= 11 is 0. The van der Waals surface area contributed by atoms with Gasteiger partial charge < -0.3 is 47.1 Å². The fourth-order valence-electron chi connectivity index (χ4n) is 2.65. The van der Waals surface area contributed by atoms with Crippen LogP contribution >= 0.6 is 0 Å². The van der Waals surface area contributed by atoms with Crippen LogP contribution in [0.2, 0.25) is 0 Å². The normalized spacial score (nSPS) is 15.4. The Morgan fingerprint density at radius 2 is 1.70 bits per heavy atom. The Kier molecular flexibility index (Phi) is 10.9. The van der Waals surface area contributed by atoms with Crippen molar-refractivity contribution in [2.45, 2.75) is 56.5 Å². The Balaban J connectivity index is 2.89. The van der Waals surface area contributed by atoms with Gasteiger partial charge in [-0.25, -0.2) is 9.78 Å². The minimum Gasteiger partial charge on any atom is -0.481 e. The van der Waals surface area contributed by atoms with E-state index in [-0.39, 0.29) is 6.42 Å². The number of carbonyl (C=O) groups excluding carboxylic acids is 3. The third kappa shape index (κ3) is 9.22. The second-order valence-corrected chi connectivity index (χ2v) is 7.19. The predicted molar refractivity (Wildman–Crippen MR) is 109 cm³/mol. The number of aliphatic hydroxyl groups excluding tert-OH is 2. The lowest BCUT2D eigenvalue weighted by Gasteiger charge is -2.26. The third-order valence-corrected chi connectivity index (χ3v) is 4.47. The highest BCUT2D eigenvalue weighted by atomic mass is 16.4. The van der Waals surface area contributed by atoms with Crippen LogP contribution in [0.15, 0.2) is 12.5 Å². The minimum absolute atomic E-state index is 0.0569. The van der Waals surface area contributed by atoms with Crippen LogP contribution in [0.3, 0.4) is 0 Å². The van der Waals surface area contributed by atoms with Crippen molar-refractivity contribution in [2.24, 2.45) is 5.73 Å². The lowest BCUT2D eigenvalue weighted by atomic mass is 10.1. The number of hydrogen-bond acceptors (Lipinski definition) is 9. The molecule has 1 aromatic rings. The van der Waals surface area contributed by atoms with Gasteiger partial charge >= 0.3 is 11.9 Å². The molecule has 15 nitrogen and oxygen atoms in total. The summed E-state index contributed by atoms with van der Waals surface area (Å²) in [6.45, 7) is 0.255. The molecule has 0 fully saturated rings. The van der Waals surface area contributed by atoms with Crippen LogP contribution in [0.1, 0.15) is 25.5 Å². The molecule has 0 radical (unpaired) electrons. The van der Waals surface area contributed by atoms with Crippen LogP contribution in [-0.2, 0) is 30.4 Å². The Morgan fingerprint density at radius 1 is 1.06 bits per heavy atom. The Bertz CT molecular complexity index is 829. The summed E-state index contributed by atoms with van der Waals surface area (Å²) in [7, 11) is 0. The number of aromatic amines is 1. The molecule has 0 saturated heterocycles. The Hall–Kier alpha value is -3.56. The van der Waals surface area contributed by atoms with Crippen molar-refractivity contribution in [2.75, 3.05) is 6.61 Å². The van der Waals surface area contributed by atoms with Crippen molar-refractivity contribution in [3.8, 4) is 0 Å². The number of nitrogens with two attached hydrogens (primary N) is 1. The van der Waals surface area contributed by atoms with E-state index in [1.54, 1.807) is 0 Å². The number of carboxylic acids is 2. The molecule has 0 saturated carbocycles.